The van der Waals surface area contributed by atoms with Gasteiger partial charge in [-0.2, -0.15) is 0 Å². The van der Waals surface area contributed by atoms with Crippen LogP contribution >= 0.6 is 0 Å². The maximum absolute atomic E-state index is 12.5. The van der Waals surface area contributed by atoms with E-state index in [4.69, 9.17) is 0 Å². The number of nitrogens with one attached hydrogen (secondary N) is 1. The molecule has 0 aliphatic carbocycles. The molecule has 0 radical (unpaired) electrons. The molecular formula is C26H33N5O3. The van der Waals surface area contributed by atoms with Gasteiger partial charge in [0.25, 0.3) is 0 Å². The first kappa shape index (κ1) is 23.8. The third-order valence-corrected chi connectivity index (χ3v) is 6.62. The molecule has 1 fully saturated rings. The molecule has 1 N–H and O–H groups in total. The molecule has 0 atom stereocenters. The van der Waals surface area contributed by atoms with Gasteiger partial charge in [-0.15, -0.1) is 0 Å². The molecule has 2 heterocycles. The van der Waals surface area contributed by atoms with Gasteiger partial charge in [0, 0.05) is 45.5 Å². The molecular weight excluding hydrogens is 430 g/mol. The Morgan fingerprint density at radius 3 is 2.38 bits per heavy atom. The summed E-state index contributed by atoms with van der Waals surface area (Å²) in [5, 5.41) is 2.90. The molecule has 0 saturated carbocycles. The zero-order valence-electron chi connectivity index (χ0n) is 20.2. The molecule has 1 saturated heterocycles. The van der Waals surface area contributed by atoms with Crippen LogP contribution in [0.15, 0.2) is 52.1 Å². The minimum absolute atomic E-state index is 0.163. The first-order chi connectivity index (χ1) is 16.3. The summed E-state index contributed by atoms with van der Waals surface area (Å²) in [6, 6.07) is 13.7. The van der Waals surface area contributed by atoms with Gasteiger partial charge in [-0.05, 0) is 56.1 Å². The van der Waals surface area contributed by atoms with Crippen molar-refractivity contribution in [3.05, 3.63) is 74.3 Å². The van der Waals surface area contributed by atoms with Crippen LogP contribution in [0.1, 0.15) is 17.5 Å². The second kappa shape index (κ2) is 10.3. The Balaban J connectivity index is 1.26. The lowest BCUT2D eigenvalue weighted by molar-refractivity contribution is -0.121. The number of anilines is 1. The van der Waals surface area contributed by atoms with Gasteiger partial charge in [-0.1, -0.05) is 24.3 Å². The van der Waals surface area contributed by atoms with Crippen molar-refractivity contribution >= 4 is 22.6 Å². The molecule has 1 aromatic heterocycles. The largest absolute Gasteiger partial charge is 0.369 e. The number of carbonyl (C=O) groups is 1. The number of rotatable bonds is 7. The lowest BCUT2D eigenvalue weighted by Crippen LogP contribution is -2.47. The van der Waals surface area contributed by atoms with Crippen LogP contribution in [0.2, 0.25) is 0 Å². The van der Waals surface area contributed by atoms with Gasteiger partial charge in [0.1, 0.15) is 6.54 Å². The van der Waals surface area contributed by atoms with Crippen LogP contribution < -0.4 is 21.3 Å². The number of carbonyl (C=O) groups excluding carboxylic acids is 1. The van der Waals surface area contributed by atoms with E-state index in [0.29, 0.717) is 17.6 Å². The fourth-order valence-electron chi connectivity index (χ4n) is 4.61. The van der Waals surface area contributed by atoms with Crippen molar-refractivity contribution in [3.63, 3.8) is 0 Å². The van der Waals surface area contributed by atoms with Crippen LogP contribution in [0.25, 0.3) is 11.0 Å². The topological polar surface area (TPSA) is 79.6 Å². The van der Waals surface area contributed by atoms with Crippen molar-refractivity contribution in [2.45, 2.75) is 26.8 Å². The van der Waals surface area contributed by atoms with Gasteiger partial charge in [0.05, 0.1) is 11.0 Å². The van der Waals surface area contributed by atoms with Gasteiger partial charge in [-0.25, -0.2) is 0 Å². The number of nitrogens with zero attached hydrogens (tertiary/aromatic N) is 4. The van der Waals surface area contributed by atoms with Crippen molar-refractivity contribution in [2.75, 3.05) is 44.2 Å². The molecule has 0 spiro atoms. The zero-order valence-corrected chi connectivity index (χ0v) is 20.2. The first-order valence-corrected chi connectivity index (χ1v) is 11.8. The number of aromatic nitrogens is 2. The summed E-state index contributed by atoms with van der Waals surface area (Å²) in [5.41, 5.74) is 3.80. The molecule has 1 aliphatic rings. The molecule has 0 bridgehead atoms. The number of aryl methyl sites for hydroxylation is 3. The molecule has 34 heavy (non-hydrogen) atoms. The maximum Gasteiger partial charge on any atom is 0.317 e. The van der Waals surface area contributed by atoms with E-state index in [2.05, 4.69) is 47.2 Å². The number of hydrogen-bond acceptors (Lipinski definition) is 5. The summed E-state index contributed by atoms with van der Waals surface area (Å²) in [5.74, 6) is -0.264. The average molecular weight is 464 g/mol. The molecule has 3 aromatic rings. The minimum atomic E-state index is -0.682. The molecule has 8 heteroatoms. The predicted molar refractivity (Wildman–Crippen MR) is 136 cm³/mol. The summed E-state index contributed by atoms with van der Waals surface area (Å²) in [6.07, 6.45) is 0.835. The van der Waals surface area contributed by atoms with Crippen molar-refractivity contribution in [2.24, 2.45) is 7.05 Å². The predicted octanol–water partition coefficient (Wildman–Crippen LogP) is 1.65. The van der Waals surface area contributed by atoms with Crippen LogP contribution in [0, 0.1) is 13.8 Å². The molecule has 2 aromatic carbocycles. The van der Waals surface area contributed by atoms with Crippen LogP contribution in [0.3, 0.4) is 0 Å². The van der Waals surface area contributed by atoms with E-state index in [-0.39, 0.29) is 12.5 Å². The fraction of sp³-hybridized carbons (Fsp3) is 0.423. The quantitative estimate of drug-likeness (QED) is 0.426. The highest BCUT2D eigenvalue weighted by Gasteiger charge is 2.18. The van der Waals surface area contributed by atoms with Crippen molar-refractivity contribution < 1.29 is 4.79 Å². The Labute approximate surface area is 199 Å². The van der Waals surface area contributed by atoms with Gasteiger partial charge in [-0.3, -0.25) is 23.9 Å². The van der Waals surface area contributed by atoms with E-state index in [1.165, 1.54) is 25.9 Å². The van der Waals surface area contributed by atoms with Gasteiger partial charge >= 0.3 is 11.1 Å². The third-order valence-electron chi connectivity index (χ3n) is 6.62. The van der Waals surface area contributed by atoms with Crippen LogP contribution in [-0.4, -0.2) is 59.2 Å². The van der Waals surface area contributed by atoms with Gasteiger partial charge in [0.15, 0.2) is 0 Å². The van der Waals surface area contributed by atoms with Crippen molar-refractivity contribution in [1.82, 2.24) is 19.4 Å². The number of piperazine rings is 1. The molecule has 4 rings (SSSR count). The van der Waals surface area contributed by atoms with E-state index >= 15 is 0 Å². The Hall–Kier alpha value is -3.39. The SMILES string of the molecule is Cc1ccc(C)c(N2CCN(CCCNC(=O)Cn3c(=O)c(=O)n(C)c4ccccc43)CC2)c1. The summed E-state index contributed by atoms with van der Waals surface area (Å²) in [7, 11) is 1.57. The van der Waals surface area contributed by atoms with Gasteiger partial charge < -0.3 is 14.8 Å². The van der Waals surface area contributed by atoms with Crippen molar-refractivity contribution in [3.8, 4) is 0 Å². The molecule has 180 valence electrons. The van der Waals surface area contributed by atoms with E-state index in [0.717, 1.165) is 39.1 Å². The minimum Gasteiger partial charge on any atom is -0.369 e. The number of benzene rings is 2. The Morgan fingerprint density at radius 1 is 0.941 bits per heavy atom. The Morgan fingerprint density at radius 2 is 1.65 bits per heavy atom. The Bertz CT molecular complexity index is 1300. The third kappa shape index (κ3) is 5.07. The number of amides is 1. The maximum atomic E-state index is 12.5. The number of fused-ring (bicyclic) bond motifs is 1. The summed E-state index contributed by atoms with van der Waals surface area (Å²) < 4.78 is 2.59. The van der Waals surface area contributed by atoms with Crippen LogP contribution in [-0.2, 0) is 18.4 Å². The standard InChI is InChI=1S/C26H33N5O3/c1-19-9-10-20(2)23(17-19)30-15-13-29(14-16-30)12-6-11-27-24(32)18-31-22-8-5-4-7-21(22)28(3)25(33)26(31)34/h4-5,7-10,17H,6,11-16,18H2,1-3H3,(H,27,32). The molecule has 1 aliphatic heterocycles. The lowest BCUT2D eigenvalue weighted by Gasteiger charge is -2.37. The molecule has 0 unspecified atom stereocenters. The lowest BCUT2D eigenvalue weighted by atomic mass is 10.1. The van der Waals surface area contributed by atoms with E-state index in [1.54, 1.807) is 31.3 Å². The average Bonchev–Trinajstić information content (AvgIpc) is 2.85. The number of para-hydroxylation sites is 2. The van der Waals surface area contributed by atoms with E-state index < -0.39 is 11.1 Å². The zero-order chi connectivity index (χ0) is 24.2. The van der Waals surface area contributed by atoms with Crippen molar-refractivity contribution in [1.29, 1.82) is 0 Å². The van der Waals surface area contributed by atoms with E-state index in [9.17, 15) is 14.4 Å². The monoisotopic (exact) mass is 463 g/mol. The fourth-order valence-corrected chi connectivity index (χ4v) is 4.61. The Kier molecular flexibility index (Phi) is 7.17. The second-order valence-electron chi connectivity index (χ2n) is 9.07. The highest BCUT2D eigenvalue weighted by molar-refractivity contribution is 5.80. The van der Waals surface area contributed by atoms with Crippen LogP contribution in [0.4, 0.5) is 5.69 Å². The summed E-state index contributed by atoms with van der Waals surface area (Å²) >= 11 is 0. The highest BCUT2D eigenvalue weighted by atomic mass is 16.2. The number of hydrogen-bond donors (Lipinski definition) is 1. The molecule has 1 amide bonds. The highest BCUT2D eigenvalue weighted by Crippen LogP contribution is 2.22. The van der Waals surface area contributed by atoms with Gasteiger partial charge in [0.2, 0.25) is 5.91 Å². The normalized spacial score (nSPS) is 14.5. The second-order valence-corrected chi connectivity index (χ2v) is 9.07. The molecule has 8 nitrogen and oxygen atoms in total. The van der Waals surface area contributed by atoms with E-state index in [1.807, 2.05) is 0 Å². The summed E-state index contributed by atoms with van der Waals surface area (Å²) in [4.78, 5) is 42.1. The van der Waals surface area contributed by atoms with Crippen LogP contribution in [0.5, 0.6) is 0 Å². The summed E-state index contributed by atoms with van der Waals surface area (Å²) in [6.45, 7) is 9.56. The first-order valence-electron chi connectivity index (χ1n) is 11.8. The smallest absolute Gasteiger partial charge is 0.317 e.